The summed E-state index contributed by atoms with van der Waals surface area (Å²) in [6.45, 7) is 5.16. The van der Waals surface area contributed by atoms with Crippen LogP contribution in [0.2, 0.25) is 5.02 Å². The zero-order valence-electron chi connectivity index (χ0n) is 17.2. The van der Waals surface area contributed by atoms with Crippen LogP contribution in [-0.2, 0) is 12.8 Å². The zero-order valence-corrected chi connectivity index (χ0v) is 18.0. The number of ketones is 1. The van der Waals surface area contributed by atoms with Gasteiger partial charge in [-0.2, -0.15) is 0 Å². The van der Waals surface area contributed by atoms with Crippen LogP contribution in [0.4, 0.5) is 5.69 Å². The standard InChI is InChI=1S/C25H31ClN2O/c26-23-10-12-24(13-11-23)28-17-15-27(16-18-28)14-4-7-25(29)22-9-8-20-5-2-1-3-6-21(20)19-22/h8-13,19H,1-7,14-18H2. The van der Waals surface area contributed by atoms with Crippen LogP contribution in [0.15, 0.2) is 42.5 Å². The number of rotatable bonds is 6. The van der Waals surface area contributed by atoms with Crippen molar-refractivity contribution in [1.29, 1.82) is 0 Å². The van der Waals surface area contributed by atoms with Gasteiger partial charge in [-0.1, -0.05) is 30.2 Å². The van der Waals surface area contributed by atoms with Gasteiger partial charge in [-0.3, -0.25) is 9.69 Å². The van der Waals surface area contributed by atoms with Crippen molar-refractivity contribution < 1.29 is 4.79 Å². The first kappa shape index (κ1) is 20.4. The van der Waals surface area contributed by atoms with E-state index in [1.54, 1.807) is 0 Å². The minimum Gasteiger partial charge on any atom is -0.369 e. The SMILES string of the molecule is O=C(CCCN1CCN(c2ccc(Cl)cc2)CC1)c1ccc2c(c1)CCCCC2. The molecule has 2 aliphatic rings. The quantitative estimate of drug-likeness (QED) is 0.471. The molecule has 0 saturated carbocycles. The van der Waals surface area contributed by atoms with E-state index in [0.717, 1.165) is 56.2 Å². The molecule has 0 N–H and O–H groups in total. The highest BCUT2D eigenvalue weighted by Gasteiger charge is 2.18. The maximum absolute atomic E-state index is 12.7. The summed E-state index contributed by atoms with van der Waals surface area (Å²) in [7, 11) is 0. The topological polar surface area (TPSA) is 23.6 Å². The summed E-state index contributed by atoms with van der Waals surface area (Å²) in [4.78, 5) is 17.6. The molecule has 0 unspecified atom stereocenters. The van der Waals surface area contributed by atoms with Crippen LogP contribution in [0.1, 0.15) is 53.6 Å². The van der Waals surface area contributed by atoms with E-state index in [1.807, 2.05) is 12.1 Å². The first-order chi connectivity index (χ1) is 14.2. The van der Waals surface area contributed by atoms with E-state index in [9.17, 15) is 4.79 Å². The Labute approximate surface area is 179 Å². The number of fused-ring (bicyclic) bond motifs is 1. The molecule has 0 aromatic heterocycles. The number of nitrogens with zero attached hydrogens (tertiary/aromatic N) is 2. The number of Topliss-reactive ketones (excluding diaryl/α,β-unsaturated/α-hetero) is 1. The molecular weight excluding hydrogens is 380 g/mol. The van der Waals surface area contributed by atoms with Crippen molar-refractivity contribution in [3.63, 3.8) is 0 Å². The number of anilines is 1. The largest absolute Gasteiger partial charge is 0.369 e. The van der Waals surface area contributed by atoms with Gasteiger partial charge in [-0.15, -0.1) is 0 Å². The molecule has 0 amide bonds. The number of halogens is 1. The molecule has 29 heavy (non-hydrogen) atoms. The van der Waals surface area contributed by atoms with Gasteiger partial charge < -0.3 is 4.90 Å². The summed E-state index contributed by atoms with van der Waals surface area (Å²) in [6.07, 6.45) is 7.74. The summed E-state index contributed by atoms with van der Waals surface area (Å²) in [6, 6.07) is 14.5. The molecular formula is C25H31ClN2O. The number of hydrogen-bond donors (Lipinski definition) is 0. The third-order valence-corrected chi connectivity index (χ3v) is 6.61. The smallest absolute Gasteiger partial charge is 0.162 e. The van der Waals surface area contributed by atoms with Crippen molar-refractivity contribution in [2.24, 2.45) is 0 Å². The Bertz CT molecular complexity index is 825. The molecule has 0 bridgehead atoms. The third kappa shape index (κ3) is 5.40. The molecule has 0 atom stereocenters. The molecule has 4 rings (SSSR count). The van der Waals surface area contributed by atoms with Crippen LogP contribution >= 0.6 is 11.6 Å². The molecule has 1 heterocycles. The molecule has 1 aliphatic heterocycles. The van der Waals surface area contributed by atoms with Gasteiger partial charge in [0, 0.05) is 48.9 Å². The summed E-state index contributed by atoms with van der Waals surface area (Å²) in [5.74, 6) is 0.303. The molecule has 1 saturated heterocycles. The number of benzene rings is 2. The fraction of sp³-hybridized carbons (Fsp3) is 0.480. The fourth-order valence-corrected chi connectivity index (χ4v) is 4.70. The van der Waals surface area contributed by atoms with Crippen molar-refractivity contribution >= 4 is 23.1 Å². The van der Waals surface area contributed by atoms with Crippen LogP contribution in [0.5, 0.6) is 0 Å². The molecule has 0 radical (unpaired) electrons. The minimum atomic E-state index is 0.303. The van der Waals surface area contributed by atoms with Gasteiger partial charge in [0.1, 0.15) is 0 Å². The fourth-order valence-electron chi connectivity index (χ4n) is 4.57. The Kier molecular flexibility index (Phi) is 6.89. The second kappa shape index (κ2) is 9.77. The van der Waals surface area contributed by atoms with Gasteiger partial charge >= 0.3 is 0 Å². The molecule has 4 heteroatoms. The maximum atomic E-state index is 12.7. The van der Waals surface area contributed by atoms with E-state index in [-0.39, 0.29) is 0 Å². The molecule has 0 spiro atoms. The first-order valence-electron chi connectivity index (χ1n) is 11.1. The molecule has 1 aliphatic carbocycles. The number of hydrogen-bond acceptors (Lipinski definition) is 3. The van der Waals surface area contributed by atoms with Gasteiger partial charge in [-0.25, -0.2) is 0 Å². The second-order valence-electron chi connectivity index (χ2n) is 8.38. The predicted molar refractivity (Wildman–Crippen MR) is 121 cm³/mol. The summed E-state index contributed by atoms with van der Waals surface area (Å²) in [5, 5.41) is 0.784. The number of aryl methyl sites for hydroxylation is 2. The molecule has 3 nitrogen and oxygen atoms in total. The lowest BCUT2D eigenvalue weighted by Gasteiger charge is -2.36. The highest BCUT2D eigenvalue weighted by molar-refractivity contribution is 6.30. The van der Waals surface area contributed by atoms with Crippen LogP contribution in [0.25, 0.3) is 0 Å². The average Bonchev–Trinajstić information content (AvgIpc) is 2.99. The maximum Gasteiger partial charge on any atom is 0.162 e. The lowest BCUT2D eigenvalue weighted by molar-refractivity contribution is 0.0974. The Morgan fingerprint density at radius 2 is 1.59 bits per heavy atom. The van der Waals surface area contributed by atoms with Gasteiger partial charge in [-0.05, 0) is 80.1 Å². The normalized spacial score (nSPS) is 17.6. The number of carbonyl (C=O) groups excluding carboxylic acids is 1. The first-order valence-corrected chi connectivity index (χ1v) is 11.4. The summed E-state index contributed by atoms with van der Waals surface area (Å²) >= 11 is 5.99. The molecule has 154 valence electrons. The van der Waals surface area contributed by atoms with E-state index < -0.39 is 0 Å². The van der Waals surface area contributed by atoms with Crippen LogP contribution < -0.4 is 4.90 Å². The van der Waals surface area contributed by atoms with Crippen LogP contribution in [0.3, 0.4) is 0 Å². The van der Waals surface area contributed by atoms with E-state index in [4.69, 9.17) is 11.6 Å². The van der Waals surface area contributed by atoms with Crippen molar-refractivity contribution in [2.75, 3.05) is 37.6 Å². The van der Waals surface area contributed by atoms with E-state index >= 15 is 0 Å². The lowest BCUT2D eigenvalue weighted by atomic mass is 9.97. The highest BCUT2D eigenvalue weighted by atomic mass is 35.5. The lowest BCUT2D eigenvalue weighted by Crippen LogP contribution is -2.46. The molecule has 1 fully saturated rings. The number of piperazine rings is 1. The molecule has 2 aromatic carbocycles. The van der Waals surface area contributed by atoms with Gasteiger partial charge in [0.05, 0.1) is 0 Å². The molecule has 2 aromatic rings. The Morgan fingerprint density at radius 3 is 2.34 bits per heavy atom. The monoisotopic (exact) mass is 410 g/mol. The van der Waals surface area contributed by atoms with E-state index in [1.165, 1.54) is 42.5 Å². The van der Waals surface area contributed by atoms with E-state index in [2.05, 4.69) is 40.1 Å². The third-order valence-electron chi connectivity index (χ3n) is 6.36. The summed E-state index contributed by atoms with van der Waals surface area (Å²) in [5.41, 5.74) is 5.02. The Morgan fingerprint density at radius 1 is 0.862 bits per heavy atom. The van der Waals surface area contributed by atoms with Crippen LogP contribution in [0, 0.1) is 0 Å². The Hall–Kier alpha value is -1.84. The van der Waals surface area contributed by atoms with Crippen molar-refractivity contribution in [3.8, 4) is 0 Å². The van der Waals surface area contributed by atoms with E-state index in [0.29, 0.717) is 12.2 Å². The van der Waals surface area contributed by atoms with Gasteiger partial charge in [0.25, 0.3) is 0 Å². The van der Waals surface area contributed by atoms with Crippen LogP contribution in [-0.4, -0.2) is 43.4 Å². The van der Waals surface area contributed by atoms with Gasteiger partial charge in [0.15, 0.2) is 5.78 Å². The summed E-state index contributed by atoms with van der Waals surface area (Å²) < 4.78 is 0. The number of carbonyl (C=O) groups is 1. The van der Waals surface area contributed by atoms with Crippen molar-refractivity contribution in [2.45, 2.75) is 44.9 Å². The zero-order chi connectivity index (χ0) is 20.1. The second-order valence-corrected chi connectivity index (χ2v) is 8.81. The van der Waals surface area contributed by atoms with Crippen molar-refractivity contribution in [3.05, 3.63) is 64.2 Å². The Balaban J connectivity index is 1.22. The average molecular weight is 411 g/mol. The minimum absolute atomic E-state index is 0.303. The van der Waals surface area contributed by atoms with Crippen molar-refractivity contribution in [1.82, 2.24) is 4.90 Å². The predicted octanol–water partition coefficient (Wildman–Crippen LogP) is 5.39. The highest BCUT2D eigenvalue weighted by Crippen LogP contribution is 2.23. The van der Waals surface area contributed by atoms with Gasteiger partial charge in [0.2, 0.25) is 0 Å².